The second kappa shape index (κ2) is 11.1. The van der Waals surface area contributed by atoms with E-state index in [4.69, 9.17) is 0 Å². The van der Waals surface area contributed by atoms with E-state index in [-0.39, 0.29) is 36.1 Å². The highest BCUT2D eigenvalue weighted by atomic mass is 79.9. The van der Waals surface area contributed by atoms with Crippen molar-refractivity contribution in [3.05, 3.63) is 70.3 Å². The van der Waals surface area contributed by atoms with Gasteiger partial charge in [-0.25, -0.2) is 0 Å². The predicted molar refractivity (Wildman–Crippen MR) is 167 cm³/mol. The monoisotopic (exact) mass is 646 g/mol. The lowest BCUT2D eigenvalue weighted by Crippen LogP contribution is -2.56. The van der Waals surface area contributed by atoms with Gasteiger partial charge in [0, 0.05) is 54.6 Å². The van der Waals surface area contributed by atoms with E-state index in [0.717, 1.165) is 52.2 Å². The van der Waals surface area contributed by atoms with Gasteiger partial charge in [0.1, 0.15) is 12.1 Å². The van der Waals surface area contributed by atoms with E-state index in [9.17, 15) is 19.5 Å². The molecule has 5 atom stereocenters. The number of aromatic amines is 1. The Labute approximate surface area is 260 Å². The fourth-order valence-corrected chi connectivity index (χ4v) is 9.34. The van der Waals surface area contributed by atoms with Crippen LogP contribution in [0.1, 0.15) is 49.7 Å². The number of aromatic nitrogens is 1. The number of aliphatic hydroxyl groups excluding tert-OH is 1. The molecule has 8 rings (SSSR count). The molecule has 2 heterocycles. The molecule has 226 valence electrons. The number of nitrogens with one attached hydrogen (secondary N) is 2. The van der Waals surface area contributed by atoms with Crippen molar-refractivity contribution in [3.8, 4) is 0 Å². The molecule has 0 radical (unpaired) electrons. The Morgan fingerprint density at radius 3 is 2.53 bits per heavy atom. The molecule has 4 aliphatic carbocycles. The number of likely N-dealkylation sites (tertiary alicyclic amines) is 1. The van der Waals surface area contributed by atoms with Gasteiger partial charge in [0.05, 0.1) is 11.5 Å². The molecule has 8 nitrogen and oxygen atoms in total. The summed E-state index contributed by atoms with van der Waals surface area (Å²) in [4.78, 5) is 48.8. The summed E-state index contributed by atoms with van der Waals surface area (Å²) in [5.41, 5.74) is 2.48. The normalized spacial score (nSPS) is 29.7. The third kappa shape index (κ3) is 5.08. The molecule has 3 N–H and O–H groups in total. The maximum Gasteiger partial charge on any atom is 0.245 e. The first kappa shape index (κ1) is 28.6. The van der Waals surface area contributed by atoms with E-state index in [1.165, 1.54) is 6.42 Å². The van der Waals surface area contributed by atoms with E-state index in [0.29, 0.717) is 30.7 Å². The average Bonchev–Trinajstić information content (AvgIpc) is 3.72. The lowest BCUT2D eigenvalue weighted by Gasteiger charge is -2.37. The Kier molecular flexibility index (Phi) is 7.37. The van der Waals surface area contributed by atoms with Crippen LogP contribution in [0.25, 0.3) is 10.9 Å². The topological polar surface area (TPSA) is 106 Å². The minimum Gasteiger partial charge on any atom is -0.391 e. The van der Waals surface area contributed by atoms with Crippen LogP contribution in [-0.2, 0) is 27.3 Å². The molecule has 43 heavy (non-hydrogen) atoms. The van der Waals surface area contributed by atoms with Gasteiger partial charge in [0.2, 0.25) is 17.7 Å². The molecule has 5 unspecified atom stereocenters. The van der Waals surface area contributed by atoms with Crippen molar-refractivity contribution in [2.24, 2.45) is 23.2 Å². The van der Waals surface area contributed by atoms with Crippen LogP contribution >= 0.6 is 15.9 Å². The summed E-state index contributed by atoms with van der Waals surface area (Å²) in [5.74, 6) is 1.08. The van der Waals surface area contributed by atoms with Gasteiger partial charge in [-0.2, -0.15) is 0 Å². The highest BCUT2D eigenvalue weighted by molar-refractivity contribution is 9.10. The van der Waals surface area contributed by atoms with Crippen LogP contribution in [0.5, 0.6) is 0 Å². The molecule has 5 aliphatic rings. The highest BCUT2D eigenvalue weighted by Gasteiger charge is 2.63. The molecule has 4 bridgehead atoms. The fraction of sp³-hybridized carbons (Fsp3) is 0.500. The standard InChI is InChI=1S/C34H39BrN4O4/c1-38(18-22-6-2-4-8-27(22)35)32(42)29(13-23-17-36-28-9-5-3-7-26(23)28)37-31(41)30-14-25(40)19-39(30)33(43)34-15-20-10-21(16-34)12-24(34)11-20/h2-9,17,20-21,24-25,29-30,36,40H,10-16,18-19H2,1H3,(H,37,41). The number of aliphatic hydroxyl groups is 1. The van der Waals surface area contributed by atoms with E-state index in [2.05, 4.69) is 26.2 Å². The number of para-hydroxylation sites is 1. The number of hydrogen-bond donors (Lipinski definition) is 3. The van der Waals surface area contributed by atoms with Crippen molar-refractivity contribution >= 4 is 44.6 Å². The van der Waals surface area contributed by atoms with Crippen molar-refractivity contribution in [2.45, 2.75) is 69.7 Å². The molecule has 9 heteroatoms. The van der Waals surface area contributed by atoms with E-state index < -0.39 is 18.2 Å². The number of H-pyrrole nitrogens is 1. The number of β-amino-alcohol motifs (C(OH)–C–C–N with tert-alkyl or cyclic N) is 1. The average molecular weight is 648 g/mol. The van der Waals surface area contributed by atoms with E-state index in [1.807, 2.05) is 54.7 Å². The second-order valence-electron chi connectivity index (χ2n) is 13.5. The Hall–Kier alpha value is -3.17. The quantitative estimate of drug-likeness (QED) is 0.337. The number of carbonyl (C=O) groups is 3. The summed E-state index contributed by atoms with van der Waals surface area (Å²) >= 11 is 3.58. The van der Waals surface area contributed by atoms with Crippen LogP contribution in [0, 0.1) is 23.2 Å². The zero-order chi connectivity index (χ0) is 29.9. The van der Waals surface area contributed by atoms with Crippen molar-refractivity contribution in [3.63, 3.8) is 0 Å². The van der Waals surface area contributed by atoms with Crippen LogP contribution in [0.2, 0.25) is 0 Å². The maximum atomic E-state index is 14.2. The van der Waals surface area contributed by atoms with Gasteiger partial charge in [0.15, 0.2) is 0 Å². The van der Waals surface area contributed by atoms with E-state index in [1.54, 1.807) is 16.8 Å². The number of benzene rings is 2. The summed E-state index contributed by atoms with van der Waals surface area (Å²) in [5, 5.41) is 14.8. The van der Waals surface area contributed by atoms with Crippen LogP contribution in [0.3, 0.4) is 0 Å². The van der Waals surface area contributed by atoms with Gasteiger partial charge in [-0.1, -0.05) is 52.3 Å². The predicted octanol–water partition coefficient (Wildman–Crippen LogP) is 4.40. The Balaban J connectivity index is 1.14. The molecular weight excluding hydrogens is 608 g/mol. The molecule has 1 saturated heterocycles. The molecule has 5 fully saturated rings. The molecule has 1 aliphatic heterocycles. The fourth-order valence-electron chi connectivity index (χ4n) is 8.93. The molecule has 2 aromatic carbocycles. The van der Waals surface area contributed by atoms with Crippen molar-refractivity contribution in [2.75, 3.05) is 13.6 Å². The minimum atomic E-state index is -0.842. The Morgan fingerprint density at radius 1 is 1.05 bits per heavy atom. The van der Waals surface area contributed by atoms with Gasteiger partial charge < -0.3 is 25.2 Å². The first-order valence-electron chi connectivity index (χ1n) is 15.5. The van der Waals surface area contributed by atoms with Gasteiger partial charge in [0.25, 0.3) is 0 Å². The zero-order valence-corrected chi connectivity index (χ0v) is 26.1. The van der Waals surface area contributed by atoms with Gasteiger partial charge in [-0.3, -0.25) is 14.4 Å². The number of nitrogens with zero attached hydrogens (tertiary/aromatic N) is 2. The second-order valence-corrected chi connectivity index (χ2v) is 14.3. The Morgan fingerprint density at radius 2 is 1.77 bits per heavy atom. The first-order valence-corrected chi connectivity index (χ1v) is 16.3. The number of likely N-dealkylation sites (N-methyl/N-ethyl adjacent to an activating group) is 1. The molecule has 4 saturated carbocycles. The van der Waals surface area contributed by atoms with Crippen LogP contribution in [0.4, 0.5) is 0 Å². The first-order chi connectivity index (χ1) is 20.7. The summed E-state index contributed by atoms with van der Waals surface area (Å²) in [6.45, 7) is 0.545. The molecule has 0 spiro atoms. The molecule has 1 aromatic heterocycles. The molecule has 3 aromatic rings. The number of fused-ring (bicyclic) bond motifs is 1. The third-order valence-corrected chi connectivity index (χ3v) is 11.5. The summed E-state index contributed by atoms with van der Waals surface area (Å²) in [7, 11) is 1.75. The number of halogens is 1. The number of hydrogen-bond acceptors (Lipinski definition) is 4. The lowest BCUT2D eigenvalue weighted by molar-refractivity contribution is -0.149. The smallest absolute Gasteiger partial charge is 0.245 e. The summed E-state index contributed by atoms with van der Waals surface area (Å²) in [6.07, 6.45) is 6.90. The van der Waals surface area contributed by atoms with Crippen molar-refractivity contribution < 1.29 is 19.5 Å². The number of rotatable bonds is 8. The maximum absolute atomic E-state index is 14.2. The molecular formula is C34H39BrN4O4. The van der Waals surface area contributed by atoms with Crippen LogP contribution < -0.4 is 5.32 Å². The van der Waals surface area contributed by atoms with E-state index >= 15 is 0 Å². The SMILES string of the molecule is CN(Cc1ccccc1Br)C(=O)C(Cc1c[nH]c2ccccc12)NC(=O)C1CC(O)CN1C(=O)C12CC3CC(CC1C3)C2. The van der Waals surface area contributed by atoms with Gasteiger partial charge in [-0.15, -0.1) is 0 Å². The summed E-state index contributed by atoms with van der Waals surface area (Å²) < 4.78 is 0.912. The third-order valence-electron chi connectivity index (χ3n) is 10.7. The number of amides is 3. The van der Waals surface area contributed by atoms with Crippen LogP contribution in [0.15, 0.2) is 59.2 Å². The molecule has 3 amide bonds. The van der Waals surface area contributed by atoms with Crippen LogP contribution in [-0.4, -0.2) is 69.4 Å². The lowest BCUT2D eigenvalue weighted by atomic mass is 9.74. The summed E-state index contributed by atoms with van der Waals surface area (Å²) in [6, 6.07) is 14.0. The Bertz CT molecular complexity index is 1560. The van der Waals surface area contributed by atoms with Crippen molar-refractivity contribution in [1.82, 2.24) is 20.1 Å². The number of carbonyl (C=O) groups excluding carboxylic acids is 3. The zero-order valence-electron chi connectivity index (χ0n) is 24.5. The highest BCUT2D eigenvalue weighted by Crippen LogP contribution is 2.66. The van der Waals surface area contributed by atoms with Gasteiger partial charge >= 0.3 is 0 Å². The van der Waals surface area contributed by atoms with Gasteiger partial charge in [-0.05, 0) is 73.1 Å². The van der Waals surface area contributed by atoms with Crippen molar-refractivity contribution in [1.29, 1.82) is 0 Å². The minimum absolute atomic E-state index is 0.0458. The largest absolute Gasteiger partial charge is 0.391 e.